The normalized spacial score (nSPS) is 12.1. The molecule has 0 spiro atoms. The maximum atomic E-state index is 8.64. The van der Waals surface area contributed by atoms with Gasteiger partial charge in [0, 0.05) is 6.42 Å². The Hall–Kier alpha value is -1.29. The van der Waals surface area contributed by atoms with Crippen LogP contribution in [-0.2, 0) is 12.8 Å². The highest BCUT2D eigenvalue weighted by molar-refractivity contribution is 5.34. The molecule has 1 rings (SSSR count). The number of rotatable bonds is 5. The fourth-order valence-electron chi connectivity index (χ4n) is 2.08. The first kappa shape index (κ1) is 12.8. The molecule has 1 heteroatoms. The lowest BCUT2D eigenvalue weighted by Gasteiger charge is -2.16. The first-order chi connectivity index (χ1) is 7.72. The molecule has 0 amide bonds. The second-order valence-electron chi connectivity index (χ2n) is 4.34. The van der Waals surface area contributed by atoms with Crippen LogP contribution in [-0.4, -0.2) is 0 Å². The van der Waals surface area contributed by atoms with E-state index >= 15 is 0 Å². The summed E-state index contributed by atoms with van der Waals surface area (Å²) in [6.07, 6.45) is 3.79. The lowest BCUT2D eigenvalue weighted by atomic mass is 9.89. The van der Waals surface area contributed by atoms with E-state index in [1.807, 2.05) is 0 Å². The minimum atomic E-state index is 0.501. The molecule has 0 heterocycles. The molecule has 0 aromatic heterocycles. The van der Waals surface area contributed by atoms with Gasteiger partial charge in [-0.25, -0.2) is 0 Å². The van der Waals surface area contributed by atoms with Crippen molar-refractivity contribution >= 4 is 0 Å². The molecular weight excluding hydrogens is 194 g/mol. The van der Waals surface area contributed by atoms with E-state index in [-0.39, 0.29) is 0 Å². The van der Waals surface area contributed by atoms with Gasteiger partial charge in [0.1, 0.15) is 0 Å². The van der Waals surface area contributed by atoms with E-state index in [2.05, 4.69) is 45.0 Å². The third-order valence-corrected chi connectivity index (χ3v) is 3.22. The molecule has 0 N–H and O–H groups in total. The quantitative estimate of drug-likeness (QED) is 0.721. The fraction of sp³-hybridized carbons (Fsp3) is 0.533. The third kappa shape index (κ3) is 3.10. The van der Waals surface area contributed by atoms with Gasteiger partial charge in [-0.2, -0.15) is 5.26 Å². The average Bonchev–Trinajstić information content (AvgIpc) is 2.35. The van der Waals surface area contributed by atoms with Crippen molar-refractivity contribution in [1.82, 2.24) is 0 Å². The summed E-state index contributed by atoms with van der Waals surface area (Å²) in [5.74, 6) is 0.501. The van der Waals surface area contributed by atoms with Gasteiger partial charge in [0.25, 0.3) is 0 Å². The fourth-order valence-corrected chi connectivity index (χ4v) is 2.08. The Morgan fingerprint density at radius 2 is 2.00 bits per heavy atom. The molecule has 0 fully saturated rings. The van der Waals surface area contributed by atoms with E-state index < -0.39 is 0 Å². The van der Waals surface area contributed by atoms with Crippen molar-refractivity contribution < 1.29 is 0 Å². The van der Waals surface area contributed by atoms with Crippen LogP contribution < -0.4 is 0 Å². The molecule has 0 saturated carbocycles. The average molecular weight is 215 g/mol. The van der Waals surface area contributed by atoms with Crippen LogP contribution in [0.3, 0.4) is 0 Å². The standard InChI is InChI=1S/C15H21N/c1-4-13-8-9-14(5-2)15(11-13)12(3)7-6-10-16/h8-9,11-12H,4-7H2,1-3H3. The number of hydrogen-bond donors (Lipinski definition) is 0. The van der Waals surface area contributed by atoms with Gasteiger partial charge in [0.2, 0.25) is 0 Å². The molecule has 1 nitrogen and oxygen atoms in total. The Bertz CT molecular complexity index is 374. The van der Waals surface area contributed by atoms with Crippen molar-refractivity contribution in [2.75, 3.05) is 0 Å². The van der Waals surface area contributed by atoms with Crippen LogP contribution in [0, 0.1) is 11.3 Å². The Kier molecular flexibility index (Phi) is 5.05. The summed E-state index contributed by atoms with van der Waals surface area (Å²) >= 11 is 0. The molecule has 0 radical (unpaired) electrons. The predicted octanol–water partition coefficient (Wildman–Crippen LogP) is 4.22. The van der Waals surface area contributed by atoms with Crippen molar-refractivity contribution in [3.05, 3.63) is 34.9 Å². The van der Waals surface area contributed by atoms with Gasteiger partial charge in [-0.1, -0.05) is 39.0 Å². The van der Waals surface area contributed by atoms with E-state index in [1.54, 1.807) is 0 Å². The van der Waals surface area contributed by atoms with Gasteiger partial charge in [-0.05, 0) is 41.9 Å². The summed E-state index contributed by atoms with van der Waals surface area (Å²) in [6, 6.07) is 9.02. The van der Waals surface area contributed by atoms with Crippen molar-refractivity contribution in [3.8, 4) is 6.07 Å². The summed E-state index contributed by atoms with van der Waals surface area (Å²) in [7, 11) is 0. The van der Waals surface area contributed by atoms with Crippen molar-refractivity contribution in [3.63, 3.8) is 0 Å². The molecule has 0 saturated heterocycles. The van der Waals surface area contributed by atoms with Crippen LogP contribution in [0.15, 0.2) is 18.2 Å². The second-order valence-corrected chi connectivity index (χ2v) is 4.34. The zero-order valence-electron chi connectivity index (χ0n) is 10.6. The summed E-state index contributed by atoms with van der Waals surface area (Å²) < 4.78 is 0. The number of nitrogens with zero attached hydrogens (tertiary/aromatic N) is 1. The summed E-state index contributed by atoms with van der Waals surface area (Å²) in [4.78, 5) is 0. The predicted molar refractivity (Wildman–Crippen MR) is 68.5 cm³/mol. The maximum absolute atomic E-state index is 8.64. The van der Waals surface area contributed by atoms with Gasteiger partial charge in [0.05, 0.1) is 6.07 Å². The zero-order chi connectivity index (χ0) is 12.0. The third-order valence-electron chi connectivity index (χ3n) is 3.22. The van der Waals surface area contributed by atoms with E-state index in [4.69, 9.17) is 5.26 Å². The Morgan fingerprint density at radius 1 is 1.25 bits per heavy atom. The number of hydrogen-bond acceptors (Lipinski definition) is 1. The van der Waals surface area contributed by atoms with Gasteiger partial charge < -0.3 is 0 Å². The van der Waals surface area contributed by atoms with Crippen LogP contribution in [0.5, 0.6) is 0 Å². The minimum Gasteiger partial charge on any atom is -0.198 e. The summed E-state index contributed by atoms with van der Waals surface area (Å²) in [5.41, 5.74) is 4.27. The molecule has 1 aromatic carbocycles. The van der Waals surface area contributed by atoms with Gasteiger partial charge in [-0.3, -0.25) is 0 Å². The van der Waals surface area contributed by atoms with Gasteiger partial charge in [-0.15, -0.1) is 0 Å². The van der Waals surface area contributed by atoms with Crippen LogP contribution in [0.2, 0.25) is 0 Å². The highest BCUT2D eigenvalue weighted by Gasteiger charge is 2.10. The van der Waals surface area contributed by atoms with Crippen LogP contribution in [0.1, 0.15) is 56.2 Å². The zero-order valence-corrected chi connectivity index (χ0v) is 10.6. The van der Waals surface area contributed by atoms with Crippen molar-refractivity contribution in [2.45, 2.75) is 52.4 Å². The van der Waals surface area contributed by atoms with E-state index in [1.165, 1.54) is 16.7 Å². The summed E-state index contributed by atoms with van der Waals surface area (Å²) in [5, 5.41) is 8.64. The van der Waals surface area contributed by atoms with E-state index in [9.17, 15) is 0 Å². The minimum absolute atomic E-state index is 0.501. The van der Waals surface area contributed by atoms with E-state index in [0.29, 0.717) is 12.3 Å². The maximum Gasteiger partial charge on any atom is 0.0621 e. The van der Waals surface area contributed by atoms with Crippen molar-refractivity contribution in [1.29, 1.82) is 5.26 Å². The second kappa shape index (κ2) is 6.33. The summed E-state index contributed by atoms with van der Waals surface area (Å²) in [6.45, 7) is 6.61. The van der Waals surface area contributed by atoms with Crippen molar-refractivity contribution in [2.24, 2.45) is 0 Å². The van der Waals surface area contributed by atoms with Crippen LogP contribution in [0.4, 0.5) is 0 Å². The molecule has 86 valence electrons. The molecule has 0 aliphatic carbocycles. The SMILES string of the molecule is CCc1ccc(CC)c(C(C)CCC#N)c1. The Morgan fingerprint density at radius 3 is 2.56 bits per heavy atom. The topological polar surface area (TPSA) is 23.8 Å². The highest BCUT2D eigenvalue weighted by Crippen LogP contribution is 2.26. The number of benzene rings is 1. The molecule has 0 bridgehead atoms. The molecule has 0 aliphatic rings. The Labute approximate surface area is 99.1 Å². The lowest BCUT2D eigenvalue weighted by molar-refractivity contribution is 0.686. The van der Waals surface area contributed by atoms with Crippen LogP contribution >= 0.6 is 0 Å². The van der Waals surface area contributed by atoms with E-state index in [0.717, 1.165) is 19.3 Å². The largest absolute Gasteiger partial charge is 0.198 e. The molecular formula is C15H21N. The molecule has 1 aromatic rings. The highest BCUT2D eigenvalue weighted by atomic mass is 14.2. The van der Waals surface area contributed by atoms with Crippen LogP contribution in [0.25, 0.3) is 0 Å². The first-order valence-electron chi connectivity index (χ1n) is 6.21. The number of aryl methyl sites for hydroxylation is 2. The lowest BCUT2D eigenvalue weighted by Crippen LogP contribution is -2.00. The molecule has 1 atom stereocenters. The van der Waals surface area contributed by atoms with Gasteiger partial charge in [0.15, 0.2) is 0 Å². The first-order valence-corrected chi connectivity index (χ1v) is 6.21. The Balaban J connectivity index is 2.94. The molecule has 0 aliphatic heterocycles. The van der Waals surface area contributed by atoms with Gasteiger partial charge >= 0.3 is 0 Å². The molecule has 16 heavy (non-hydrogen) atoms. The number of nitriles is 1. The molecule has 1 unspecified atom stereocenters. The smallest absolute Gasteiger partial charge is 0.0621 e. The monoisotopic (exact) mass is 215 g/mol.